The third kappa shape index (κ3) is 5.19. The quantitative estimate of drug-likeness (QED) is 0.807. The summed E-state index contributed by atoms with van der Waals surface area (Å²) in [5.74, 6) is -0.285. The Morgan fingerprint density at radius 1 is 0.833 bits per heavy atom. The Bertz CT molecular complexity index is 943. The van der Waals surface area contributed by atoms with Gasteiger partial charge in [-0.3, -0.25) is 14.4 Å². The number of anilines is 1. The van der Waals surface area contributed by atoms with Crippen LogP contribution in [-0.2, 0) is 4.79 Å². The lowest BCUT2D eigenvalue weighted by atomic mass is 9.95. The minimum atomic E-state index is -0.521. The van der Waals surface area contributed by atoms with E-state index >= 15 is 0 Å². The van der Waals surface area contributed by atoms with Crippen molar-refractivity contribution in [2.45, 2.75) is 20.8 Å². The van der Waals surface area contributed by atoms with E-state index in [0.717, 1.165) is 0 Å². The highest BCUT2D eigenvalue weighted by Gasteiger charge is 2.26. The molecule has 30 heavy (non-hydrogen) atoms. The van der Waals surface area contributed by atoms with Gasteiger partial charge < -0.3 is 15.1 Å². The van der Waals surface area contributed by atoms with Crippen LogP contribution in [0.5, 0.6) is 0 Å². The van der Waals surface area contributed by atoms with Crippen molar-refractivity contribution in [3.63, 3.8) is 0 Å². The maximum Gasteiger partial charge on any atom is 0.254 e. The standard InChI is InChI=1S/C23H26ClN3O3/c1-23(2,3)22(30)25-19-6-4-5-17(15-19)21(29)27-13-11-26(12-14-27)20(28)16-7-9-18(24)10-8-16/h4-10,15H,11-14H2,1-3H3,(H,25,30). The highest BCUT2D eigenvalue weighted by atomic mass is 35.5. The number of piperazine rings is 1. The second-order valence-corrected chi connectivity index (χ2v) is 8.81. The molecular weight excluding hydrogens is 402 g/mol. The van der Waals surface area contributed by atoms with Crippen LogP contribution in [0.3, 0.4) is 0 Å². The molecule has 0 unspecified atom stereocenters. The lowest BCUT2D eigenvalue weighted by molar-refractivity contribution is -0.123. The monoisotopic (exact) mass is 427 g/mol. The van der Waals surface area contributed by atoms with E-state index in [4.69, 9.17) is 11.6 Å². The second kappa shape index (κ2) is 8.88. The third-order valence-electron chi connectivity index (χ3n) is 4.99. The van der Waals surface area contributed by atoms with Crippen LogP contribution in [0.25, 0.3) is 0 Å². The molecule has 1 N–H and O–H groups in total. The van der Waals surface area contributed by atoms with E-state index in [1.165, 1.54) is 0 Å². The number of nitrogens with one attached hydrogen (secondary N) is 1. The van der Waals surface area contributed by atoms with Crippen LogP contribution in [0.2, 0.25) is 5.02 Å². The molecule has 158 valence electrons. The largest absolute Gasteiger partial charge is 0.335 e. The van der Waals surface area contributed by atoms with Crippen LogP contribution >= 0.6 is 11.6 Å². The van der Waals surface area contributed by atoms with Gasteiger partial charge in [0.15, 0.2) is 0 Å². The van der Waals surface area contributed by atoms with Gasteiger partial charge in [-0.05, 0) is 42.5 Å². The Morgan fingerprint density at radius 3 is 1.90 bits per heavy atom. The van der Waals surface area contributed by atoms with Crippen LogP contribution in [0.15, 0.2) is 48.5 Å². The molecule has 0 aliphatic carbocycles. The summed E-state index contributed by atoms with van der Waals surface area (Å²) in [6, 6.07) is 13.8. The molecule has 1 fully saturated rings. The Balaban J connectivity index is 1.61. The van der Waals surface area contributed by atoms with E-state index in [9.17, 15) is 14.4 Å². The van der Waals surface area contributed by atoms with E-state index in [1.54, 1.807) is 58.3 Å². The predicted octanol–water partition coefficient (Wildman–Crippen LogP) is 3.92. The average Bonchev–Trinajstić information content (AvgIpc) is 2.73. The summed E-state index contributed by atoms with van der Waals surface area (Å²) < 4.78 is 0. The Hall–Kier alpha value is -2.86. The first-order valence-corrected chi connectivity index (χ1v) is 10.3. The number of rotatable bonds is 3. The summed E-state index contributed by atoms with van der Waals surface area (Å²) in [5.41, 5.74) is 1.17. The first-order valence-electron chi connectivity index (χ1n) is 9.91. The fourth-order valence-electron chi connectivity index (χ4n) is 3.12. The Labute approximate surface area is 181 Å². The second-order valence-electron chi connectivity index (χ2n) is 8.38. The predicted molar refractivity (Wildman–Crippen MR) is 118 cm³/mol. The van der Waals surface area contributed by atoms with Gasteiger partial charge in [-0.25, -0.2) is 0 Å². The van der Waals surface area contributed by atoms with Gasteiger partial charge in [-0.15, -0.1) is 0 Å². The molecule has 3 amide bonds. The highest BCUT2D eigenvalue weighted by Crippen LogP contribution is 2.20. The molecule has 1 aliphatic heterocycles. The zero-order valence-electron chi connectivity index (χ0n) is 17.4. The van der Waals surface area contributed by atoms with Gasteiger partial charge in [-0.2, -0.15) is 0 Å². The molecule has 3 rings (SSSR count). The topological polar surface area (TPSA) is 69.7 Å². The van der Waals surface area contributed by atoms with Gasteiger partial charge in [0.05, 0.1) is 0 Å². The van der Waals surface area contributed by atoms with Crippen LogP contribution in [0, 0.1) is 5.41 Å². The minimum absolute atomic E-state index is 0.0642. The van der Waals surface area contributed by atoms with Crippen LogP contribution in [0.4, 0.5) is 5.69 Å². The van der Waals surface area contributed by atoms with Gasteiger partial charge in [-0.1, -0.05) is 38.4 Å². The van der Waals surface area contributed by atoms with Crippen molar-refractivity contribution in [3.05, 3.63) is 64.7 Å². The molecule has 1 heterocycles. The van der Waals surface area contributed by atoms with E-state index in [0.29, 0.717) is 48.0 Å². The lowest BCUT2D eigenvalue weighted by Gasteiger charge is -2.35. The first kappa shape index (κ1) is 21.8. The van der Waals surface area contributed by atoms with E-state index in [2.05, 4.69) is 5.32 Å². The SMILES string of the molecule is CC(C)(C)C(=O)Nc1cccc(C(=O)N2CCN(C(=O)c3ccc(Cl)cc3)CC2)c1. The average molecular weight is 428 g/mol. The molecule has 2 aromatic carbocycles. The summed E-state index contributed by atoms with van der Waals surface area (Å²) in [6.07, 6.45) is 0. The van der Waals surface area contributed by atoms with E-state index in [-0.39, 0.29) is 17.7 Å². The van der Waals surface area contributed by atoms with Crippen molar-refractivity contribution in [2.24, 2.45) is 5.41 Å². The van der Waals surface area contributed by atoms with Crippen molar-refractivity contribution in [3.8, 4) is 0 Å². The fraction of sp³-hybridized carbons (Fsp3) is 0.348. The molecule has 0 saturated carbocycles. The fourth-order valence-corrected chi connectivity index (χ4v) is 3.24. The van der Waals surface area contributed by atoms with Crippen molar-refractivity contribution in [2.75, 3.05) is 31.5 Å². The number of hydrogen-bond donors (Lipinski definition) is 1. The van der Waals surface area contributed by atoms with Crippen molar-refractivity contribution in [1.29, 1.82) is 0 Å². The first-order chi connectivity index (χ1) is 14.1. The van der Waals surface area contributed by atoms with Gasteiger partial charge in [0.25, 0.3) is 11.8 Å². The minimum Gasteiger partial charge on any atom is -0.335 e. The van der Waals surface area contributed by atoms with Crippen LogP contribution in [0.1, 0.15) is 41.5 Å². The molecule has 1 aliphatic rings. The summed E-state index contributed by atoms with van der Waals surface area (Å²) in [5, 5.41) is 3.44. The number of halogens is 1. The summed E-state index contributed by atoms with van der Waals surface area (Å²) in [7, 11) is 0. The molecule has 7 heteroatoms. The Kier molecular flexibility index (Phi) is 6.46. The molecule has 0 radical (unpaired) electrons. The summed E-state index contributed by atoms with van der Waals surface area (Å²) in [6.45, 7) is 7.35. The Morgan fingerprint density at radius 2 is 1.37 bits per heavy atom. The number of hydrogen-bond acceptors (Lipinski definition) is 3. The maximum absolute atomic E-state index is 12.9. The molecule has 0 bridgehead atoms. The van der Waals surface area contributed by atoms with Crippen molar-refractivity contribution >= 4 is 35.0 Å². The molecule has 1 saturated heterocycles. The van der Waals surface area contributed by atoms with Crippen LogP contribution in [-0.4, -0.2) is 53.7 Å². The van der Waals surface area contributed by atoms with Crippen molar-refractivity contribution < 1.29 is 14.4 Å². The number of benzene rings is 2. The van der Waals surface area contributed by atoms with Crippen molar-refractivity contribution in [1.82, 2.24) is 9.80 Å². The highest BCUT2D eigenvalue weighted by molar-refractivity contribution is 6.30. The molecule has 6 nitrogen and oxygen atoms in total. The molecule has 0 spiro atoms. The van der Waals surface area contributed by atoms with Crippen LogP contribution < -0.4 is 5.32 Å². The third-order valence-corrected chi connectivity index (χ3v) is 5.25. The zero-order valence-corrected chi connectivity index (χ0v) is 18.2. The molecule has 0 aromatic heterocycles. The van der Waals surface area contributed by atoms with Gasteiger partial charge in [0, 0.05) is 53.4 Å². The van der Waals surface area contributed by atoms with Gasteiger partial charge in [0.2, 0.25) is 5.91 Å². The van der Waals surface area contributed by atoms with Gasteiger partial charge in [0.1, 0.15) is 0 Å². The smallest absolute Gasteiger partial charge is 0.254 e. The molecule has 0 atom stereocenters. The zero-order chi connectivity index (χ0) is 21.9. The van der Waals surface area contributed by atoms with Gasteiger partial charge >= 0.3 is 0 Å². The number of carbonyl (C=O) groups is 3. The maximum atomic E-state index is 12.9. The number of amides is 3. The number of carbonyl (C=O) groups excluding carboxylic acids is 3. The number of nitrogens with zero attached hydrogens (tertiary/aromatic N) is 2. The normalized spacial score (nSPS) is 14.4. The summed E-state index contributed by atoms with van der Waals surface area (Å²) in [4.78, 5) is 41.2. The van der Waals surface area contributed by atoms with E-state index in [1.807, 2.05) is 20.8 Å². The molecular formula is C23H26ClN3O3. The van der Waals surface area contributed by atoms with E-state index < -0.39 is 5.41 Å². The lowest BCUT2D eigenvalue weighted by Crippen LogP contribution is -2.50. The molecule has 2 aromatic rings. The summed E-state index contributed by atoms with van der Waals surface area (Å²) >= 11 is 5.88.